The first kappa shape index (κ1) is 23.6. The standard InChI is InChI=1S/C20H11ClF5N5O2S/c1-9-6-16(20(23,24)25)30-31(9)17-11(14-4-5-15(34-14)18(32)33-26)8-27-19(29-17)28-10-2-3-13(22)12(21)7-10/h2-8H,1H3,(H,27,28,29). The van der Waals surface area contributed by atoms with E-state index in [1.807, 2.05) is 0 Å². The first-order valence-electron chi connectivity index (χ1n) is 9.23. The Hall–Kier alpha value is -3.58. The predicted octanol–water partition coefficient (Wildman–Crippen LogP) is 6.30. The van der Waals surface area contributed by atoms with E-state index < -0.39 is 23.7 Å². The van der Waals surface area contributed by atoms with Crippen molar-refractivity contribution in [1.82, 2.24) is 19.7 Å². The fourth-order valence-corrected chi connectivity index (χ4v) is 3.99. The molecule has 0 saturated heterocycles. The molecule has 14 heteroatoms. The number of carbonyl (C=O) groups excluding carboxylic acids is 1. The number of thiophene rings is 1. The lowest BCUT2D eigenvalue weighted by atomic mass is 10.2. The van der Waals surface area contributed by atoms with Gasteiger partial charge in [0.1, 0.15) is 10.7 Å². The van der Waals surface area contributed by atoms with Crippen LogP contribution >= 0.6 is 22.9 Å². The summed E-state index contributed by atoms with van der Waals surface area (Å²) in [4.78, 5) is 23.4. The van der Waals surface area contributed by atoms with E-state index >= 15 is 0 Å². The monoisotopic (exact) mass is 515 g/mol. The number of hydrogen-bond acceptors (Lipinski definition) is 7. The molecule has 1 aromatic carbocycles. The van der Waals surface area contributed by atoms with Crippen LogP contribution in [0.15, 0.2) is 42.6 Å². The number of benzene rings is 1. The van der Waals surface area contributed by atoms with Crippen LogP contribution in [-0.4, -0.2) is 25.7 Å². The molecule has 0 fully saturated rings. The summed E-state index contributed by atoms with van der Waals surface area (Å²) in [5.41, 5.74) is -0.488. The minimum atomic E-state index is -4.70. The summed E-state index contributed by atoms with van der Waals surface area (Å²) >= 11 is 6.60. The van der Waals surface area contributed by atoms with Gasteiger partial charge in [-0.15, -0.1) is 11.3 Å². The molecule has 0 unspecified atom stereocenters. The zero-order valence-electron chi connectivity index (χ0n) is 16.8. The molecule has 0 radical (unpaired) electrons. The summed E-state index contributed by atoms with van der Waals surface area (Å²) in [5, 5.41) is 6.26. The molecule has 4 rings (SSSR count). The Morgan fingerprint density at radius 3 is 2.62 bits per heavy atom. The van der Waals surface area contributed by atoms with Gasteiger partial charge in [0.25, 0.3) is 0 Å². The third-order valence-electron chi connectivity index (χ3n) is 4.47. The number of alkyl halides is 3. The minimum Gasteiger partial charge on any atom is -0.324 e. The second-order valence-corrected chi connectivity index (χ2v) is 8.28. The molecule has 0 saturated carbocycles. The predicted molar refractivity (Wildman–Crippen MR) is 113 cm³/mol. The Balaban J connectivity index is 1.83. The molecule has 0 aliphatic carbocycles. The maximum Gasteiger partial charge on any atom is 0.435 e. The van der Waals surface area contributed by atoms with Gasteiger partial charge in [-0.05, 0) is 43.3 Å². The summed E-state index contributed by atoms with van der Waals surface area (Å²) in [7, 11) is 0. The van der Waals surface area contributed by atoms with Crippen LogP contribution in [-0.2, 0) is 11.1 Å². The zero-order valence-corrected chi connectivity index (χ0v) is 18.4. The second kappa shape index (κ2) is 8.99. The van der Waals surface area contributed by atoms with Crippen molar-refractivity contribution in [3.8, 4) is 16.3 Å². The largest absolute Gasteiger partial charge is 0.435 e. The van der Waals surface area contributed by atoms with Gasteiger partial charge in [-0.1, -0.05) is 11.6 Å². The van der Waals surface area contributed by atoms with Gasteiger partial charge < -0.3 is 5.32 Å². The van der Waals surface area contributed by atoms with Crippen molar-refractivity contribution < 1.29 is 31.8 Å². The Morgan fingerprint density at radius 1 is 1.21 bits per heavy atom. The van der Waals surface area contributed by atoms with Crippen molar-refractivity contribution >= 4 is 40.5 Å². The molecule has 0 aliphatic rings. The highest BCUT2D eigenvalue weighted by Gasteiger charge is 2.35. The fraction of sp³-hybridized carbons (Fsp3) is 0.100. The second-order valence-electron chi connectivity index (χ2n) is 6.79. The highest BCUT2D eigenvalue weighted by Crippen LogP contribution is 2.35. The van der Waals surface area contributed by atoms with E-state index in [-0.39, 0.29) is 32.9 Å². The van der Waals surface area contributed by atoms with E-state index in [1.54, 1.807) is 0 Å². The third kappa shape index (κ3) is 4.70. The minimum absolute atomic E-state index is 0.0511. The molecule has 0 aliphatic heterocycles. The van der Waals surface area contributed by atoms with Crippen LogP contribution < -0.4 is 5.32 Å². The molecular weight excluding hydrogens is 505 g/mol. The van der Waals surface area contributed by atoms with Crippen molar-refractivity contribution in [2.45, 2.75) is 13.1 Å². The molecule has 1 N–H and O–H groups in total. The van der Waals surface area contributed by atoms with Gasteiger partial charge in [-0.3, -0.25) is 0 Å². The molecule has 7 nitrogen and oxygen atoms in total. The van der Waals surface area contributed by atoms with Gasteiger partial charge in [-0.25, -0.2) is 23.8 Å². The van der Waals surface area contributed by atoms with Crippen LogP contribution in [0.4, 0.5) is 33.7 Å². The number of nitrogens with zero attached hydrogens (tertiary/aromatic N) is 4. The van der Waals surface area contributed by atoms with Gasteiger partial charge >= 0.3 is 12.1 Å². The van der Waals surface area contributed by atoms with Crippen molar-refractivity contribution in [1.29, 1.82) is 0 Å². The molecule has 0 atom stereocenters. The number of anilines is 2. The number of nitrogens with one attached hydrogen (secondary N) is 1. The lowest BCUT2D eigenvalue weighted by Crippen LogP contribution is -2.10. The topological polar surface area (TPSA) is 81.9 Å². The first-order valence-corrected chi connectivity index (χ1v) is 10.4. The van der Waals surface area contributed by atoms with Crippen molar-refractivity contribution in [3.63, 3.8) is 0 Å². The summed E-state index contributed by atoms with van der Waals surface area (Å²) in [6, 6.07) is 7.34. The Bertz CT molecular complexity index is 1390. The van der Waals surface area contributed by atoms with Crippen molar-refractivity contribution in [2.24, 2.45) is 0 Å². The number of aromatic nitrogens is 4. The Morgan fingerprint density at radius 2 is 1.97 bits per heavy atom. The van der Waals surface area contributed by atoms with Crippen LogP contribution in [0, 0.1) is 12.7 Å². The Kier molecular flexibility index (Phi) is 6.23. The van der Waals surface area contributed by atoms with E-state index in [0.717, 1.165) is 28.2 Å². The van der Waals surface area contributed by atoms with Gasteiger partial charge in [0, 0.05) is 27.0 Å². The molecule has 176 valence electrons. The number of rotatable bonds is 5. The maximum atomic E-state index is 13.4. The highest BCUT2D eigenvalue weighted by atomic mass is 35.5. The molecular formula is C20H11ClF5N5O2S. The van der Waals surface area contributed by atoms with E-state index in [4.69, 9.17) is 11.6 Å². The SMILES string of the molecule is Cc1cc(C(F)(F)F)nn1-c1nc(Nc2ccc(F)c(Cl)c2)ncc1-c1ccc(C(=O)OF)s1. The van der Waals surface area contributed by atoms with Crippen LogP contribution in [0.1, 0.15) is 21.1 Å². The number of carbonyl (C=O) groups is 1. The van der Waals surface area contributed by atoms with Gasteiger partial charge in [0.05, 0.1) is 10.6 Å². The van der Waals surface area contributed by atoms with Crippen molar-refractivity contribution in [2.75, 3.05) is 5.32 Å². The fourth-order valence-electron chi connectivity index (χ4n) is 2.93. The highest BCUT2D eigenvalue weighted by molar-refractivity contribution is 7.17. The quantitative estimate of drug-likeness (QED) is 0.314. The normalized spacial score (nSPS) is 11.5. The Labute approximate surface area is 196 Å². The average Bonchev–Trinajstić information content (AvgIpc) is 3.43. The van der Waals surface area contributed by atoms with E-state index in [0.29, 0.717) is 10.6 Å². The number of hydrogen-bond donors (Lipinski definition) is 1. The third-order valence-corrected chi connectivity index (χ3v) is 5.85. The zero-order chi connectivity index (χ0) is 24.6. The molecule has 3 aromatic heterocycles. The molecule has 4 aromatic rings. The van der Waals surface area contributed by atoms with Crippen LogP contribution in [0.25, 0.3) is 16.3 Å². The van der Waals surface area contributed by atoms with Gasteiger partial charge in [0.2, 0.25) is 5.95 Å². The summed E-state index contributed by atoms with van der Waals surface area (Å²) in [5.74, 6) is -1.97. The molecule has 3 heterocycles. The summed E-state index contributed by atoms with van der Waals surface area (Å²) in [6.07, 6.45) is -3.41. The van der Waals surface area contributed by atoms with Crippen molar-refractivity contribution in [3.05, 3.63) is 69.7 Å². The average molecular weight is 516 g/mol. The number of aryl methyl sites for hydroxylation is 1. The maximum absolute atomic E-state index is 13.4. The molecule has 0 spiro atoms. The van der Waals surface area contributed by atoms with Gasteiger partial charge in [0.15, 0.2) is 11.5 Å². The lowest BCUT2D eigenvalue weighted by Gasteiger charge is -2.12. The van der Waals surface area contributed by atoms with Crippen LogP contribution in [0.3, 0.4) is 0 Å². The van der Waals surface area contributed by atoms with E-state index in [1.165, 1.54) is 37.4 Å². The van der Waals surface area contributed by atoms with E-state index in [2.05, 4.69) is 25.3 Å². The van der Waals surface area contributed by atoms with E-state index in [9.17, 15) is 26.9 Å². The summed E-state index contributed by atoms with van der Waals surface area (Å²) in [6.45, 7) is 1.40. The molecule has 0 amide bonds. The first-order chi connectivity index (χ1) is 16.1. The van der Waals surface area contributed by atoms with Crippen LogP contribution in [0.5, 0.6) is 0 Å². The smallest absolute Gasteiger partial charge is 0.324 e. The molecule has 34 heavy (non-hydrogen) atoms. The van der Waals surface area contributed by atoms with Crippen LogP contribution in [0.2, 0.25) is 5.02 Å². The number of halogens is 6. The van der Waals surface area contributed by atoms with Gasteiger partial charge in [-0.2, -0.15) is 23.3 Å². The summed E-state index contributed by atoms with van der Waals surface area (Å²) < 4.78 is 66.4. The lowest BCUT2D eigenvalue weighted by molar-refractivity contribution is -0.141. The molecule has 0 bridgehead atoms.